The summed E-state index contributed by atoms with van der Waals surface area (Å²) >= 11 is 18.5. The maximum absolute atomic E-state index is 13.1. The standard InChI is InChI=1S/C20H17Cl3N2O2/c1-11-8-15(18(23)12(2)17(11)22)19(26)16-9-24-25(3)20(16)27-10-13-4-6-14(21)7-5-13/h4-9H,10H2,1-3H3. The molecule has 7 heteroatoms. The summed E-state index contributed by atoms with van der Waals surface area (Å²) in [5.41, 5.74) is 3.11. The lowest BCUT2D eigenvalue weighted by atomic mass is 10.0. The van der Waals surface area contributed by atoms with E-state index in [0.29, 0.717) is 37.6 Å². The van der Waals surface area contributed by atoms with Gasteiger partial charge in [0.15, 0.2) is 0 Å². The summed E-state index contributed by atoms with van der Waals surface area (Å²) in [6.45, 7) is 3.91. The SMILES string of the molecule is Cc1cc(C(=O)c2cnn(C)c2OCc2ccc(Cl)cc2)c(Cl)c(C)c1Cl. The molecule has 0 aliphatic heterocycles. The minimum absolute atomic E-state index is 0.262. The minimum Gasteiger partial charge on any atom is -0.472 e. The van der Waals surface area contributed by atoms with Gasteiger partial charge in [0.25, 0.3) is 0 Å². The van der Waals surface area contributed by atoms with Gasteiger partial charge < -0.3 is 4.74 Å². The minimum atomic E-state index is -0.262. The first kappa shape index (κ1) is 19.7. The molecule has 0 saturated carbocycles. The molecule has 27 heavy (non-hydrogen) atoms. The van der Waals surface area contributed by atoms with E-state index in [1.165, 1.54) is 10.9 Å². The monoisotopic (exact) mass is 422 g/mol. The van der Waals surface area contributed by atoms with Crippen molar-refractivity contribution in [2.75, 3.05) is 0 Å². The quantitative estimate of drug-likeness (QED) is 0.487. The summed E-state index contributed by atoms with van der Waals surface area (Å²) in [4.78, 5) is 13.1. The number of rotatable bonds is 5. The van der Waals surface area contributed by atoms with E-state index in [1.807, 2.05) is 19.1 Å². The fraction of sp³-hybridized carbons (Fsp3) is 0.200. The number of halogens is 3. The van der Waals surface area contributed by atoms with Crippen molar-refractivity contribution in [3.63, 3.8) is 0 Å². The van der Waals surface area contributed by atoms with Gasteiger partial charge in [-0.2, -0.15) is 5.10 Å². The first-order valence-corrected chi connectivity index (χ1v) is 9.32. The van der Waals surface area contributed by atoms with E-state index in [4.69, 9.17) is 39.5 Å². The predicted octanol–water partition coefficient (Wildman–Crippen LogP) is 5.81. The van der Waals surface area contributed by atoms with Crippen molar-refractivity contribution < 1.29 is 9.53 Å². The van der Waals surface area contributed by atoms with Crippen LogP contribution in [-0.2, 0) is 13.7 Å². The zero-order chi connectivity index (χ0) is 19.7. The van der Waals surface area contributed by atoms with E-state index >= 15 is 0 Å². The lowest BCUT2D eigenvalue weighted by Gasteiger charge is -2.12. The van der Waals surface area contributed by atoms with Crippen LogP contribution in [0.3, 0.4) is 0 Å². The molecule has 0 unspecified atom stereocenters. The third kappa shape index (κ3) is 3.98. The number of nitrogens with zero attached hydrogens (tertiary/aromatic N) is 2. The maximum Gasteiger partial charge on any atom is 0.223 e. The Bertz CT molecular complexity index is 1010. The summed E-state index contributed by atoms with van der Waals surface area (Å²) in [7, 11) is 1.72. The van der Waals surface area contributed by atoms with Gasteiger partial charge >= 0.3 is 0 Å². The van der Waals surface area contributed by atoms with E-state index in [2.05, 4.69) is 5.10 Å². The number of carbonyl (C=O) groups excluding carboxylic acids is 1. The molecule has 140 valence electrons. The number of benzene rings is 2. The van der Waals surface area contributed by atoms with E-state index in [-0.39, 0.29) is 12.4 Å². The van der Waals surface area contributed by atoms with E-state index in [1.54, 1.807) is 32.2 Å². The van der Waals surface area contributed by atoms with Crippen molar-refractivity contribution in [3.8, 4) is 5.88 Å². The first-order chi connectivity index (χ1) is 12.8. The number of carbonyl (C=O) groups is 1. The average Bonchev–Trinajstić information content (AvgIpc) is 3.02. The van der Waals surface area contributed by atoms with Crippen molar-refractivity contribution in [1.82, 2.24) is 9.78 Å². The number of aromatic nitrogens is 2. The molecular weight excluding hydrogens is 407 g/mol. The van der Waals surface area contributed by atoms with Gasteiger partial charge in [0.05, 0.1) is 11.2 Å². The molecule has 1 aromatic heterocycles. The summed E-state index contributed by atoms with van der Waals surface area (Å²) in [6, 6.07) is 8.99. The predicted molar refractivity (Wildman–Crippen MR) is 108 cm³/mol. The number of ketones is 1. The Morgan fingerprint density at radius 3 is 2.41 bits per heavy atom. The van der Waals surface area contributed by atoms with Crippen molar-refractivity contribution in [1.29, 1.82) is 0 Å². The van der Waals surface area contributed by atoms with E-state index in [0.717, 1.165) is 11.1 Å². The van der Waals surface area contributed by atoms with Crippen molar-refractivity contribution in [3.05, 3.63) is 79.4 Å². The van der Waals surface area contributed by atoms with Crippen LogP contribution in [0, 0.1) is 13.8 Å². The van der Waals surface area contributed by atoms with Crippen LogP contribution in [0.2, 0.25) is 15.1 Å². The molecule has 0 amide bonds. The number of hydrogen-bond donors (Lipinski definition) is 0. The van der Waals surface area contributed by atoms with E-state index < -0.39 is 0 Å². The van der Waals surface area contributed by atoms with Crippen molar-refractivity contribution >= 4 is 40.6 Å². The first-order valence-electron chi connectivity index (χ1n) is 8.18. The van der Waals surface area contributed by atoms with Gasteiger partial charge in [-0.3, -0.25) is 4.79 Å². The highest BCUT2D eigenvalue weighted by molar-refractivity contribution is 6.39. The molecule has 1 heterocycles. The number of ether oxygens (including phenoxy) is 1. The maximum atomic E-state index is 13.1. The highest BCUT2D eigenvalue weighted by Gasteiger charge is 2.23. The number of hydrogen-bond acceptors (Lipinski definition) is 3. The molecule has 0 spiro atoms. The second-order valence-corrected chi connectivity index (χ2v) is 7.42. The molecule has 0 aliphatic rings. The average molecular weight is 424 g/mol. The summed E-state index contributed by atoms with van der Waals surface area (Å²) in [5, 5.41) is 5.71. The highest BCUT2D eigenvalue weighted by atomic mass is 35.5. The van der Waals surface area contributed by atoms with Gasteiger partial charge in [-0.1, -0.05) is 46.9 Å². The molecule has 4 nitrogen and oxygen atoms in total. The summed E-state index contributed by atoms with van der Waals surface area (Å²) in [5.74, 6) is 0.110. The van der Waals surface area contributed by atoms with Crippen molar-refractivity contribution in [2.45, 2.75) is 20.5 Å². The molecule has 0 bridgehead atoms. The van der Waals surface area contributed by atoms with Crippen LogP contribution in [0.4, 0.5) is 0 Å². The Morgan fingerprint density at radius 1 is 1.07 bits per heavy atom. The largest absolute Gasteiger partial charge is 0.472 e. The fourth-order valence-corrected chi connectivity index (χ4v) is 3.29. The Labute approximate surface area is 172 Å². The zero-order valence-corrected chi connectivity index (χ0v) is 17.3. The summed E-state index contributed by atoms with van der Waals surface area (Å²) in [6.07, 6.45) is 1.48. The van der Waals surface area contributed by atoms with Crippen LogP contribution in [0.5, 0.6) is 5.88 Å². The molecule has 0 fully saturated rings. The molecule has 0 radical (unpaired) electrons. The Hall–Kier alpha value is -2.01. The molecule has 0 saturated heterocycles. The van der Waals surface area contributed by atoms with Crippen LogP contribution >= 0.6 is 34.8 Å². The van der Waals surface area contributed by atoms with Gasteiger partial charge in [-0.15, -0.1) is 0 Å². The lowest BCUT2D eigenvalue weighted by molar-refractivity contribution is 0.103. The topological polar surface area (TPSA) is 44.1 Å². The van der Waals surface area contributed by atoms with Crippen molar-refractivity contribution in [2.24, 2.45) is 7.05 Å². The molecular formula is C20H17Cl3N2O2. The smallest absolute Gasteiger partial charge is 0.223 e. The van der Waals surface area contributed by atoms with Gasteiger partial charge in [0.1, 0.15) is 12.2 Å². The number of aryl methyl sites for hydroxylation is 2. The van der Waals surface area contributed by atoms with Crippen LogP contribution in [0.15, 0.2) is 36.5 Å². The van der Waals surface area contributed by atoms with Crippen LogP contribution < -0.4 is 4.74 Å². The second kappa shape index (κ2) is 7.93. The molecule has 3 rings (SSSR count). The third-order valence-corrected chi connectivity index (χ3v) is 5.59. The normalized spacial score (nSPS) is 10.9. The van der Waals surface area contributed by atoms with Gasteiger partial charge in [-0.05, 0) is 48.7 Å². The fourth-order valence-electron chi connectivity index (χ4n) is 2.73. The van der Waals surface area contributed by atoms with Gasteiger partial charge in [0, 0.05) is 22.7 Å². The van der Waals surface area contributed by atoms with Crippen LogP contribution in [-0.4, -0.2) is 15.6 Å². The molecule has 2 aromatic carbocycles. The van der Waals surface area contributed by atoms with Gasteiger partial charge in [0.2, 0.25) is 11.7 Å². The van der Waals surface area contributed by atoms with E-state index in [9.17, 15) is 4.79 Å². The van der Waals surface area contributed by atoms with Crippen LogP contribution in [0.25, 0.3) is 0 Å². The zero-order valence-electron chi connectivity index (χ0n) is 15.0. The lowest BCUT2D eigenvalue weighted by Crippen LogP contribution is -2.08. The molecule has 3 aromatic rings. The molecule has 0 N–H and O–H groups in total. The van der Waals surface area contributed by atoms with Gasteiger partial charge in [-0.25, -0.2) is 4.68 Å². The highest BCUT2D eigenvalue weighted by Crippen LogP contribution is 2.33. The Morgan fingerprint density at radius 2 is 1.74 bits per heavy atom. The second-order valence-electron chi connectivity index (χ2n) is 6.23. The molecule has 0 atom stereocenters. The Kier molecular flexibility index (Phi) is 5.80. The third-order valence-electron chi connectivity index (χ3n) is 4.26. The van der Waals surface area contributed by atoms with Crippen LogP contribution in [0.1, 0.15) is 32.6 Å². The molecule has 0 aliphatic carbocycles. The Balaban J connectivity index is 1.92. The summed E-state index contributed by atoms with van der Waals surface area (Å²) < 4.78 is 7.39.